The Labute approximate surface area is 186 Å². The molecular weight excluding hydrogens is 425 g/mol. The van der Waals surface area contributed by atoms with Crippen molar-refractivity contribution >= 4 is 35.0 Å². The molecule has 2 atom stereocenters. The number of amides is 2. The lowest BCUT2D eigenvalue weighted by Gasteiger charge is -2.40. The molecule has 6 nitrogen and oxygen atoms in total. The molecule has 0 radical (unpaired) electrons. The number of nitrogens with zero attached hydrogens (tertiary/aromatic N) is 2. The summed E-state index contributed by atoms with van der Waals surface area (Å²) >= 11 is 12.1. The van der Waals surface area contributed by atoms with Gasteiger partial charge in [0.05, 0.1) is 10.0 Å². The van der Waals surface area contributed by atoms with Crippen LogP contribution in [-0.2, 0) is 4.79 Å². The van der Waals surface area contributed by atoms with Gasteiger partial charge in [0.1, 0.15) is 6.04 Å². The minimum absolute atomic E-state index is 0.0775. The van der Waals surface area contributed by atoms with Gasteiger partial charge in [-0.3, -0.25) is 9.59 Å². The molecule has 8 heteroatoms. The smallest absolute Gasteiger partial charge is 0.276 e. The maximum Gasteiger partial charge on any atom is 0.276 e. The number of rotatable bonds is 6. The highest BCUT2D eigenvalue weighted by Crippen LogP contribution is 2.29. The first-order valence-electron chi connectivity index (χ1n) is 10.2. The molecule has 0 spiro atoms. The number of carbonyl (C=O) groups excluding carboxylic acids is 2. The molecule has 1 aliphatic heterocycles. The summed E-state index contributed by atoms with van der Waals surface area (Å²) in [6.45, 7) is 8.72. The average molecular weight is 452 g/mol. The third-order valence-electron chi connectivity index (χ3n) is 5.09. The van der Waals surface area contributed by atoms with Crippen LogP contribution in [0.25, 0.3) is 11.3 Å². The van der Waals surface area contributed by atoms with Crippen LogP contribution in [0.5, 0.6) is 0 Å². The van der Waals surface area contributed by atoms with Gasteiger partial charge < -0.3 is 14.7 Å². The van der Waals surface area contributed by atoms with Crippen molar-refractivity contribution in [1.82, 2.24) is 15.4 Å². The van der Waals surface area contributed by atoms with Gasteiger partial charge in [0.2, 0.25) is 5.91 Å². The van der Waals surface area contributed by atoms with Crippen molar-refractivity contribution in [3.05, 3.63) is 40.0 Å². The SMILES string of the molecule is CC(C)C[C@H]1CN(C(=O)c2cc(-c3ccc(Cl)c(Cl)c3)on2)[C@@H](CC(C)C)C(=O)N1. The van der Waals surface area contributed by atoms with Gasteiger partial charge in [-0.25, -0.2) is 0 Å². The Balaban J connectivity index is 1.86. The van der Waals surface area contributed by atoms with Gasteiger partial charge in [-0.05, 0) is 42.9 Å². The first kappa shape index (κ1) is 22.6. The molecule has 2 aromatic rings. The van der Waals surface area contributed by atoms with E-state index in [1.54, 1.807) is 29.2 Å². The minimum atomic E-state index is -0.522. The van der Waals surface area contributed by atoms with Gasteiger partial charge in [-0.2, -0.15) is 0 Å². The van der Waals surface area contributed by atoms with E-state index in [0.717, 1.165) is 6.42 Å². The third-order valence-corrected chi connectivity index (χ3v) is 5.83. The van der Waals surface area contributed by atoms with E-state index in [1.165, 1.54) is 0 Å². The highest BCUT2D eigenvalue weighted by Gasteiger charge is 2.39. The van der Waals surface area contributed by atoms with Crippen molar-refractivity contribution < 1.29 is 14.1 Å². The highest BCUT2D eigenvalue weighted by molar-refractivity contribution is 6.42. The molecule has 0 bridgehead atoms. The monoisotopic (exact) mass is 451 g/mol. The minimum Gasteiger partial charge on any atom is -0.355 e. The number of aromatic nitrogens is 1. The van der Waals surface area contributed by atoms with Crippen LogP contribution in [0.4, 0.5) is 0 Å². The molecule has 0 aliphatic carbocycles. The second-order valence-electron chi connectivity index (χ2n) is 8.64. The van der Waals surface area contributed by atoms with Gasteiger partial charge in [0.25, 0.3) is 5.91 Å². The quantitative estimate of drug-likeness (QED) is 0.666. The molecule has 162 valence electrons. The van der Waals surface area contributed by atoms with Crippen LogP contribution < -0.4 is 5.32 Å². The lowest BCUT2D eigenvalue weighted by atomic mass is 9.94. The van der Waals surface area contributed by atoms with E-state index >= 15 is 0 Å². The van der Waals surface area contributed by atoms with Gasteiger partial charge >= 0.3 is 0 Å². The predicted molar refractivity (Wildman–Crippen MR) is 118 cm³/mol. The summed E-state index contributed by atoms with van der Waals surface area (Å²) in [6.07, 6.45) is 1.39. The fourth-order valence-electron chi connectivity index (χ4n) is 3.77. The maximum atomic E-state index is 13.3. The predicted octanol–water partition coefficient (Wildman–Crippen LogP) is 5.05. The van der Waals surface area contributed by atoms with Crippen molar-refractivity contribution in [3.8, 4) is 11.3 Å². The van der Waals surface area contributed by atoms with Crippen molar-refractivity contribution in [3.63, 3.8) is 0 Å². The van der Waals surface area contributed by atoms with Crippen LogP contribution in [0, 0.1) is 11.8 Å². The van der Waals surface area contributed by atoms with Crippen molar-refractivity contribution in [2.75, 3.05) is 6.54 Å². The number of hydrogen-bond acceptors (Lipinski definition) is 4. The highest BCUT2D eigenvalue weighted by atomic mass is 35.5. The topological polar surface area (TPSA) is 75.4 Å². The number of carbonyl (C=O) groups is 2. The second kappa shape index (κ2) is 9.40. The van der Waals surface area contributed by atoms with E-state index in [1.807, 2.05) is 13.8 Å². The van der Waals surface area contributed by atoms with Crippen LogP contribution in [-0.4, -0.2) is 40.5 Å². The van der Waals surface area contributed by atoms with E-state index in [-0.39, 0.29) is 29.5 Å². The molecule has 0 saturated carbocycles. The van der Waals surface area contributed by atoms with E-state index < -0.39 is 6.04 Å². The molecule has 30 heavy (non-hydrogen) atoms. The Morgan fingerprint density at radius 2 is 1.87 bits per heavy atom. The van der Waals surface area contributed by atoms with Crippen LogP contribution in [0.1, 0.15) is 51.0 Å². The Hall–Kier alpha value is -2.05. The zero-order valence-corrected chi connectivity index (χ0v) is 19.1. The Bertz CT molecular complexity index is 926. The van der Waals surface area contributed by atoms with E-state index in [0.29, 0.717) is 40.3 Å². The number of halogens is 2. The summed E-state index contributed by atoms with van der Waals surface area (Å²) < 4.78 is 5.39. The number of hydrogen-bond donors (Lipinski definition) is 1. The molecule has 1 fully saturated rings. The zero-order chi connectivity index (χ0) is 22.0. The van der Waals surface area contributed by atoms with Gasteiger partial charge in [0.15, 0.2) is 11.5 Å². The van der Waals surface area contributed by atoms with Crippen LogP contribution in [0.15, 0.2) is 28.8 Å². The van der Waals surface area contributed by atoms with Crippen LogP contribution in [0.2, 0.25) is 10.0 Å². The lowest BCUT2D eigenvalue weighted by molar-refractivity contribution is -0.130. The van der Waals surface area contributed by atoms with Crippen LogP contribution in [0.3, 0.4) is 0 Å². The molecule has 1 aromatic carbocycles. The standard InChI is InChI=1S/C22H27Cl2N3O3/c1-12(2)7-15-11-27(19(8-13(3)4)21(28)25-15)22(29)18-10-20(30-26-18)14-5-6-16(23)17(24)9-14/h5-6,9-10,12-13,15,19H,7-8,11H2,1-4H3,(H,25,28)/t15-,19-/m0/s1. The van der Waals surface area contributed by atoms with Crippen molar-refractivity contribution in [2.24, 2.45) is 11.8 Å². The first-order valence-corrected chi connectivity index (χ1v) is 10.9. The molecular formula is C22H27Cl2N3O3. The van der Waals surface area contributed by atoms with Crippen LogP contribution >= 0.6 is 23.2 Å². The fraction of sp³-hybridized carbons (Fsp3) is 0.500. The molecule has 3 rings (SSSR count). The van der Waals surface area contributed by atoms with Crippen molar-refractivity contribution in [1.29, 1.82) is 0 Å². The first-order chi connectivity index (χ1) is 14.2. The summed E-state index contributed by atoms with van der Waals surface area (Å²) in [6, 6.07) is 6.05. The van der Waals surface area contributed by atoms with E-state index in [2.05, 4.69) is 24.3 Å². The normalized spacial score (nSPS) is 19.5. The third kappa shape index (κ3) is 5.16. The van der Waals surface area contributed by atoms with Crippen molar-refractivity contribution in [2.45, 2.75) is 52.6 Å². The van der Waals surface area contributed by atoms with Gasteiger partial charge in [-0.1, -0.05) is 56.1 Å². The molecule has 1 saturated heterocycles. The summed E-state index contributed by atoms with van der Waals surface area (Å²) in [4.78, 5) is 27.7. The number of piperazine rings is 1. The lowest BCUT2D eigenvalue weighted by Crippen LogP contribution is -2.62. The van der Waals surface area contributed by atoms with E-state index in [9.17, 15) is 9.59 Å². The summed E-state index contributed by atoms with van der Waals surface area (Å²) in [7, 11) is 0. The Morgan fingerprint density at radius 1 is 1.17 bits per heavy atom. The largest absolute Gasteiger partial charge is 0.355 e. The maximum absolute atomic E-state index is 13.3. The summed E-state index contributed by atoms with van der Waals surface area (Å²) in [5.41, 5.74) is 0.839. The molecule has 2 amide bonds. The van der Waals surface area contributed by atoms with E-state index in [4.69, 9.17) is 27.7 Å². The Kier molecular flexibility index (Phi) is 7.09. The number of nitrogens with one attached hydrogen (secondary N) is 1. The fourth-order valence-corrected chi connectivity index (χ4v) is 4.06. The summed E-state index contributed by atoms with van der Waals surface area (Å²) in [5.74, 6) is 0.669. The average Bonchev–Trinajstić information content (AvgIpc) is 3.14. The molecule has 1 aromatic heterocycles. The van der Waals surface area contributed by atoms with Gasteiger partial charge in [-0.15, -0.1) is 0 Å². The molecule has 1 aliphatic rings. The molecule has 1 N–H and O–H groups in total. The Morgan fingerprint density at radius 3 is 2.50 bits per heavy atom. The summed E-state index contributed by atoms with van der Waals surface area (Å²) in [5, 5.41) is 7.87. The second-order valence-corrected chi connectivity index (χ2v) is 9.46. The van der Waals surface area contributed by atoms with Gasteiger partial charge in [0, 0.05) is 24.2 Å². The number of benzene rings is 1. The molecule has 2 heterocycles. The molecule has 0 unspecified atom stereocenters. The zero-order valence-electron chi connectivity index (χ0n) is 17.6.